The second kappa shape index (κ2) is 10.1. The quantitative estimate of drug-likeness (QED) is 0.702. The molecule has 1 aromatic heterocycles. The van der Waals surface area contributed by atoms with Crippen LogP contribution in [0.15, 0.2) is 48.8 Å². The number of sulfonamides is 1. The van der Waals surface area contributed by atoms with E-state index in [0.717, 1.165) is 37.8 Å². The highest BCUT2D eigenvalue weighted by Crippen LogP contribution is 2.33. The minimum absolute atomic E-state index is 0. The summed E-state index contributed by atoms with van der Waals surface area (Å²) in [7, 11) is -4.00. The maximum absolute atomic E-state index is 13.3. The number of benzene rings is 1. The third-order valence-electron chi connectivity index (χ3n) is 5.06. The first-order chi connectivity index (χ1) is 13.6. The van der Waals surface area contributed by atoms with Crippen LogP contribution < -0.4 is 4.72 Å². The Morgan fingerprint density at radius 1 is 1.17 bits per heavy atom. The third-order valence-corrected chi connectivity index (χ3v) is 5.73. The molecule has 1 saturated heterocycles. The predicted molar refractivity (Wildman–Crippen MR) is 112 cm³/mol. The van der Waals surface area contributed by atoms with Crippen LogP contribution in [0.5, 0.6) is 0 Å². The number of halogens is 4. The molecule has 5 nitrogen and oxygen atoms in total. The third kappa shape index (κ3) is 6.94. The van der Waals surface area contributed by atoms with Gasteiger partial charge in [-0.2, -0.15) is 17.9 Å². The summed E-state index contributed by atoms with van der Waals surface area (Å²) in [5, 5.41) is 0. The average Bonchev–Trinajstić information content (AvgIpc) is 2.66. The number of rotatable bonds is 6. The maximum atomic E-state index is 13.3. The fourth-order valence-electron chi connectivity index (χ4n) is 3.72. The van der Waals surface area contributed by atoms with Gasteiger partial charge < -0.3 is 0 Å². The lowest BCUT2D eigenvalue weighted by atomic mass is 9.91. The van der Waals surface area contributed by atoms with E-state index in [-0.39, 0.29) is 18.0 Å². The molecule has 1 aliphatic rings. The zero-order valence-corrected chi connectivity index (χ0v) is 18.1. The number of piperidine rings is 1. The van der Waals surface area contributed by atoms with E-state index in [9.17, 15) is 21.6 Å². The van der Waals surface area contributed by atoms with E-state index < -0.39 is 22.2 Å². The van der Waals surface area contributed by atoms with Crippen LogP contribution in [0, 0.1) is 0 Å². The van der Waals surface area contributed by atoms with E-state index in [1.807, 2.05) is 12.1 Å². The van der Waals surface area contributed by atoms with Gasteiger partial charge in [-0.1, -0.05) is 24.3 Å². The molecule has 166 valence electrons. The van der Waals surface area contributed by atoms with Crippen molar-refractivity contribution in [3.8, 4) is 0 Å². The fourth-order valence-corrected chi connectivity index (χ4v) is 4.42. The summed E-state index contributed by atoms with van der Waals surface area (Å²) < 4.78 is 64.1. The maximum Gasteiger partial charge on any atom is 0.408 e. The van der Waals surface area contributed by atoms with Gasteiger partial charge in [-0.3, -0.25) is 9.88 Å². The highest BCUT2D eigenvalue weighted by atomic mass is 35.5. The summed E-state index contributed by atoms with van der Waals surface area (Å²) in [6, 6.07) is 7.75. The predicted octanol–water partition coefficient (Wildman–Crippen LogP) is 4.04. The number of pyridine rings is 1. The second-order valence-electron chi connectivity index (χ2n) is 7.46. The number of nitrogens with one attached hydrogen (secondary N) is 1. The average molecular weight is 464 g/mol. The molecule has 30 heavy (non-hydrogen) atoms. The van der Waals surface area contributed by atoms with Gasteiger partial charge in [-0.25, -0.2) is 8.42 Å². The van der Waals surface area contributed by atoms with Crippen molar-refractivity contribution < 1.29 is 21.6 Å². The first kappa shape index (κ1) is 24.6. The van der Waals surface area contributed by atoms with E-state index in [4.69, 9.17) is 0 Å². The molecule has 1 fully saturated rings. The molecule has 3 rings (SSSR count). The summed E-state index contributed by atoms with van der Waals surface area (Å²) >= 11 is 0. The monoisotopic (exact) mass is 463 g/mol. The van der Waals surface area contributed by atoms with Crippen LogP contribution in [0.1, 0.15) is 41.5 Å². The lowest BCUT2D eigenvalue weighted by Crippen LogP contribution is -2.37. The Morgan fingerprint density at radius 3 is 2.37 bits per heavy atom. The van der Waals surface area contributed by atoms with Gasteiger partial charge >= 0.3 is 6.18 Å². The van der Waals surface area contributed by atoms with Crippen molar-refractivity contribution in [3.05, 3.63) is 65.5 Å². The Kier molecular flexibility index (Phi) is 8.27. The van der Waals surface area contributed by atoms with Crippen LogP contribution in [0.3, 0.4) is 0 Å². The molecular formula is C20H25ClF3N3O2S. The number of hydrogen-bond donors (Lipinski definition) is 1. The Morgan fingerprint density at radius 2 is 1.80 bits per heavy atom. The molecule has 10 heteroatoms. The minimum Gasteiger partial charge on any atom is -0.298 e. The topological polar surface area (TPSA) is 62.3 Å². The molecule has 2 aromatic rings. The molecule has 2 heterocycles. The molecular weight excluding hydrogens is 439 g/mol. The Hall–Kier alpha value is -1.68. The van der Waals surface area contributed by atoms with Crippen molar-refractivity contribution in [2.24, 2.45) is 0 Å². The first-order valence-corrected chi connectivity index (χ1v) is 11.3. The second-order valence-corrected chi connectivity index (χ2v) is 9.24. The first-order valence-electron chi connectivity index (χ1n) is 9.37. The van der Waals surface area contributed by atoms with Crippen LogP contribution in [0.4, 0.5) is 13.2 Å². The van der Waals surface area contributed by atoms with E-state index >= 15 is 0 Å². The van der Waals surface area contributed by atoms with Gasteiger partial charge in [0.25, 0.3) is 0 Å². The minimum atomic E-state index is -4.71. The summed E-state index contributed by atoms with van der Waals surface area (Å²) in [5.41, 5.74) is 2.02. The molecule has 1 aliphatic heterocycles. The van der Waals surface area contributed by atoms with Gasteiger partial charge in [0.05, 0.1) is 6.26 Å². The molecule has 1 aromatic carbocycles. The van der Waals surface area contributed by atoms with Crippen LogP contribution in [-0.4, -0.2) is 43.8 Å². The lowest BCUT2D eigenvalue weighted by Gasteiger charge is -2.33. The smallest absolute Gasteiger partial charge is 0.298 e. The zero-order valence-electron chi connectivity index (χ0n) is 16.5. The van der Waals surface area contributed by atoms with Crippen LogP contribution in [0.2, 0.25) is 0 Å². The molecule has 0 saturated carbocycles. The molecule has 2 atom stereocenters. The normalized spacial score (nSPS) is 19.1. The molecule has 0 bridgehead atoms. The van der Waals surface area contributed by atoms with Crippen LogP contribution in [-0.2, 0) is 16.6 Å². The number of likely N-dealkylation sites (tertiary alicyclic amines) is 1. The molecule has 0 amide bonds. The summed E-state index contributed by atoms with van der Waals surface area (Å²) in [5.74, 6) is 0.416. The molecule has 1 unspecified atom stereocenters. The van der Waals surface area contributed by atoms with Crippen molar-refractivity contribution >= 4 is 22.4 Å². The highest BCUT2D eigenvalue weighted by molar-refractivity contribution is 7.88. The van der Waals surface area contributed by atoms with Gasteiger partial charge in [0.1, 0.15) is 6.04 Å². The van der Waals surface area contributed by atoms with E-state index in [2.05, 4.69) is 9.88 Å². The molecule has 0 aliphatic carbocycles. The summed E-state index contributed by atoms with van der Waals surface area (Å²) in [4.78, 5) is 6.34. The Bertz CT molecular complexity index is 909. The molecule has 1 N–H and O–H groups in total. The van der Waals surface area contributed by atoms with Gasteiger partial charge in [-0.15, -0.1) is 12.4 Å². The van der Waals surface area contributed by atoms with E-state index in [1.54, 1.807) is 29.2 Å². The van der Waals surface area contributed by atoms with Crippen molar-refractivity contribution in [2.45, 2.75) is 37.5 Å². The van der Waals surface area contributed by atoms with Crippen molar-refractivity contribution in [1.82, 2.24) is 14.6 Å². The van der Waals surface area contributed by atoms with Gasteiger partial charge in [-0.05, 0) is 54.1 Å². The lowest BCUT2D eigenvalue weighted by molar-refractivity contribution is -0.153. The van der Waals surface area contributed by atoms with E-state index in [1.165, 1.54) is 17.7 Å². The standard InChI is InChI=1S/C20H24F3N3O2S.ClH/c1-29(27,28)25-19(20(21,22)23)17-6-4-15(5-7-17)13-26-12-2-3-18(14-26)16-8-10-24-11-9-16;/h4-11,18-19,25H,2-3,12-14H2,1H3;1H/t18?,19-;/m0./s1. The molecule has 0 radical (unpaired) electrons. The number of aromatic nitrogens is 1. The van der Waals surface area contributed by atoms with Gasteiger partial charge in [0.15, 0.2) is 0 Å². The molecule has 0 spiro atoms. The number of nitrogens with zero attached hydrogens (tertiary/aromatic N) is 2. The number of alkyl halides is 3. The largest absolute Gasteiger partial charge is 0.408 e. The van der Waals surface area contributed by atoms with Crippen molar-refractivity contribution in [1.29, 1.82) is 0 Å². The SMILES string of the molecule is CS(=O)(=O)N[C@@H](c1ccc(CN2CCCC(c3ccncc3)C2)cc1)C(F)(F)F.Cl. The van der Waals surface area contributed by atoms with Crippen LogP contribution in [0.25, 0.3) is 0 Å². The van der Waals surface area contributed by atoms with Crippen molar-refractivity contribution in [2.75, 3.05) is 19.3 Å². The Balaban J connectivity index is 0.00000320. The Labute approximate surface area is 181 Å². The number of hydrogen-bond acceptors (Lipinski definition) is 4. The zero-order chi connectivity index (χ0) is 21.1. The highest BCUT2D eigenvalue weighted by Gasteiger charge is 2.42. The van der Waals surface area contributed by atoms with Crippen molar-refractivity contribution in [3.63, 3.8) is 0 Å². The van der Waals surface area contributed by atoms with Gasteiger partial charge in [0, 0.05) is 25.5 Å². The fraction of sp³-hybridized carbons (Fsp3) is 0.450. The van der Waals surface area contributed by atoms with Gasteiger partial charge in [0.2, 0.25) is 10.0 Å². The van der Waals surface area contributed by atoms with Crippen LogP contribution >= 0.6 is 12.4 Å². The summed E-state index contributed by atoms with van der Waals surface area (Å²) in [6.45, 7) is 2.45. The van der Waals surface area contributed by atoms with E-state index in [0.29, 0.717) is 12.5 Å². The summed E-state index contributed by atoms with van der Waals surface area (Å²) in [6.07, 6.45) is 1.73.